The third-order valence-electron chi connectivity index (χ3n) is 2.91. The molecule has 1 aromatic rings. The number of fused-ring (bicyclic) bond motifs is 1. The Labute approximate surface area is 84.2 Å². The third-order valence-corrected chi connectivity index (χ3v) is 3.45. The predicted molar refractivity (Wildman–Crippen MR) is 57.8 cm³/mol. The predicted octanol–water partition coefficient (Wildman–Crippen LogP) is 3.80. The first-order valence-electron chi connectivity index (χ1n) is 4.59. The Hall–Kier alpha value is -0.750. The van der Waals surface area contributed by atoms with E-state index >= 15 is 0 Å². The second-order valence-electron chi connectivity index (χ2n) is 3.81. The van der Waals surface area contributed by atoms with E-state index < -0.39 is 0 Å². The van der Waals surface area contributed by atoms with Crippen LogP contribution in [0.3, 0.4) is 0 Å². The summed E-state index contributed by atoms with van der Waals surface area (Å²) < 4.78 is 0. The van der Waals surface area contributed by atoms with Crippen molar-refractivity contribution in [2.45, 2.75) is 18.7 Å². The van der Waals surface area contributed by atoms with Gasteiger partial charge in [0.05, 0.1) is 4.87 Å². The molecule has 1 aliphatic rings. The number of alkyl halides is 1. The van der Waals surface area contributed by atoms with Gasteiger partial charge in [0.2, 0.25) is 0 Å². The average molecular weight is 193 g/mol. The maximum atomic E-state index is 6.50. The van der Waals surface area contributed by atoms with Crippen molar-refractivity contribution in [2.24, 2.45) is 5.92 Å². The molecule has 0 bridgehead atoms. The monoisotopic (exact) mass is 192 g/mol. The Morgan fingerprint density at radius 3 is 2.77 bits per heavy atom. The molecule has 2 atom stereocenters. The van der Waals surface area contributed by atoms with Crippen LogP contribution in [-0.2, 0) is 4.87 Å². The van der Waals surface area contributed by atoms with Crippen molar-refractivity contribution in [1.82, 2.24) is 0 Å². The van der Waals surface area contributed by atoms with Crippen LogP contribution < -0.4 is 0 Å². The summed E-state index contributed by atoms with van der Waals surface area (Å²) in [5.41, 5.74) is 2.49. The number of rotatable bonds is 0. The molecule has 0 nitrogen and oxygen atoms in total. The van der Waals surface area contributed by atoms with Crippen LogP contribution in [0.5, 0.6) is 0 Å². The fourth-order valence-corrected chi connectivity index (χ4v) is 2.01. The largest absolute Gasteiger partial charge is 0.114 e. The van der Waals surface area contributed by atoms with E-state index in [2.05, 4.69) is 38.1 Å². The van der Waals surface area contributed by atoms with E-state index in [9.17, 15) is 0 Å². The van der Waals surface area contributed by atoms with Crippen LogP contribution in [0.25, 0.3) is 6.08 Å². The lowest BCUT2D eigenvalue weighted by Gasteiger charge is -2.32. The molecule has 0 saturated heterocycles. The minimum Gasteiger partial charge on any atom is -0.114 e. The van der Waals surface area contributed by atoms with Gasteiger partial charge in [-0.2, -0.15) is 0 Å². The van der Waals surface area contributed by atoms with Gasteiger partial charge in [-0.05, 0) is 24.0 Å². The molecule has 0 fully saturated rings. The number of benzene rings is 1. The van der Waals surface area contributed by atoms with Crippen molar-refractivity contribution >= 4 is 17.7 Å². The average Bonchev–Trinajstić information content (AvgIpc) is 2.13. The molecular formula is C12H13Cl. The van der Waals surface area contributed by atoms with Gasteiger partial charge in [-0.1, -0.05) is 43.3 Å². The number of allylic oxidation sites excluding steroid dienone is 1. The summed E-state index contributed by atoms with van der Waals surface area (Å²) >= 11 is 6.50. The Morgan fingerprint density at radius 1 is 1.31 bits per heavy atom. The number of hydrogen-bond donors (Lipinski definition) is 0. The van der Waals surface area contributed by atoms with Gasteiger partial charge >= 0.3 is 0 Å². The molecule has 0 aliphatic heterocycles. The lowest BCUT2D eigenvalue weighted by atomic mass is 9.81. The molecule has 0 aromatic heterocycles. The molecule has 0 spiro atoms. The second kappa shape index (κ2) is 2.88. The van der Waals surface area contributed by atoms with Crippen LogP contribution in [0.1, 0.15) is 25.0 Å². The van der Waals surface area contributed by atoms with Crippen LogP contribution in [-0.4, -0.2) is 0 Å². The normalized spacial score (nSPS) is 31.5. The third kappa shape index (κ3) is 1.30. The first-order chi connectivity index (χ1) is 6.12. The van der Waals surface area contributed by atoms with E-state index in [1.807, 2.05) is 12.1 Å². The van der Waals surface area contributed by atoms with Gasteiger partial charge in [0.15, 0.2) is 0 Å². The van der Waals surface area contributed by atoms with Gasteiger partial charge < -0.3 is 0 Å². The van der Waals surface area contributed by atoms with Gasteiger partial charge in [-0.3, -0.25) is 0 Å². The molecule has 0 radical (unpaired) electrons. The molecule has 13 heavy (non-hydrogen) atoms. The van der Waals surface area contributed by atoms with Gasteiger partial charge in [0, 0.05) is 0 Å². The van der Waals surface area contributed by atoms with Gasteiger partial charge in [-0.25, -0.2) is 0 Å². The summed E-state index contributed by atoms with van der Waals surface area (Å²) in [6, 6.07) is 8.32. The van der Waals surface area contributed by atoms with Crippen molar-refractivity contribution in [1.29, 1.82) is 0 Å². The zero-order valence-electron chi connectivity index (χ0n) is 7.92. The molecule has 2 unspecified atom stereocenters. The van der Waals surface area contributed by atoms with Crippen LogP contribution in [0, 0.1) is 5.92 Å². The zero-order valence-corrected chi connectivity index (χ0v) is 8.68. The first kappa shape index (κ1) is 8.83. The highest BCUT2D eigenvalue weighted by Crippen LogP contribution is 2.42. The molecular weight excluding hydrogens is 180 g/mol. The van der Waals surface area contributed by atoms with E-state index in [1.54, 1.807) is 0 Å². The van der Waals surface area contributed by atoms with E-state index in [4.69, 9.17) is 11.6 Å². The van der Waals surface area contributed by atoms with Crippen molar-refractivity contribution in [2.75, 3.05) is 0 Å². The molecule has 68 valence electrons. The SMILES string of the molecule is CC1C=Cc2ccccc2C1(C)Cl. The van der Waals surface area contributed by atoms with E-state index in [-0.39, 0.29) is 4.87 Å². The Kier molecular flexibility index (Phi) is 1.96. The van der Waals surface area contributed by atoms with Gasteiger partial charge in [-0.15, -0.1) is 11.6 Å². The molecule has 1 aliphatic carbocycles. The molecule has 2 rings (SSSR count). The maximum Gasteiger partial charge on any atom is 0.0732 e. The van der Waals surface area contributed by atoms with E-state index in [0.717, 1.165) is 0 Å². The van der Waals surface area contributed by atoms with Crippen LogP contribution >= 0.6 is 11.6 Å². The molecule has 0 N–H and O–H groups in total. The maximum absolute atomic E-state index is 6.50. The summed E-state index contributed by atoms with van der Waals surface area (Å²) in [6.45, 7) is 4.24. The van der Waals surface area contributed by atoms with Crippen molar-refractivity contribution in [3.63, 3.8) is 0 Å². The smallest absolute Gasteiger partial charge is 0.0732 e. The second-order valence-corrected chi connectivity index (χ2v) is 4.60. The fraction of sp³-hybridized carbons (Fsp3) is 0.333. The van der Waals surface area contributed by atoms with Crippen molar-refractivity contribution in [3.8, 4) is 0 Å². The highest BCUT2D eigenvalue weighted by Gasteiger charge is 2.32. The molecule has 0 saturated carbocycles. The summed E-state index contributed by atoms with van der Waals surface area (Å²) in [4.78, 5) is -0.245. The van der Waals surface area contributed by atoms with E-state index in [0.29, 0.717) is 5.92 Å². The lowest BCUT2D eigenvalue weighted by molar-refractivity contribution is 0.519. The van der Waals surface area contributed by atoms with Crippen molar-refractivity contribution < 1.29 is 0 Å². The minimum atomic E-state index is -0.245. The molecule has 0 heterocycles. The number of halogens is 1. The first-order valence-corrected chi connectivity index (χ1v) is 4.97. The highest BCUT2D eigenvalue weighted by atomic mass is 35.5. The lowest BCUT2D eigenvalue weighted by Crippen LogP contribution is -2.25. The highest BCUT2D eigenvalue weighted by molar-refractivity contribution is 6.24. The van der Waals surface area contributed by atoms with Gasteiger partial charge in [0.1, 0.15) is 0 Å². The minimum absolute atomic E-state index is 0.245. The molecule has 1 heteroatoms. The van der Waals surface area contributed by atoms with Crippen LogP contribution in [0.15, 0.2) is 30.3 Å². The fourth-order valence-electron chi connectivity index (χ4n) is 1.76. The molecule has 0 amide bonds. The van der Waals surface area contributed by atoms with Crippen LogP contribution in [0.2, 0.25) is 0 Å². The standard InChI is InChI=1S/C12H13Cl/c1-9-7-8-10-5-3-4-6-11(10)12(9,2)13/h3-9H,1-2H3. The summed E-state index contributed by atoms with van der Waals surface area (Å²) in [5, 5.41) is 0. The van der Waals surface area contributed by atoms with Crippen molar-refractivity contribution in [3.05, 3.63) is 41.5 Å². The van der Waals surface area contributed by atoms with E-state index in [1.165, 1.54) is 11.1 Å². The van der Waals surface area contributed by atoms with Crippen LogP contribution in [0.4, 0.5) is 0 Å². The summed E-state index contributed by atoms with van der Waals surface area (Å²) in [6.07, 6.45) is 4.33. The summed E-state index contributed by atoms with van der Waals surface area (Å²) in [5.74, 6) is 0.393. The zero-order chi connectivity index (χ0) is 9.47. The Bertz CT molecular complexity index is 350. The Balaban J connectivity index is 2.61. The number of hydrogen-bond acceptors (Lipinski definition) is 0. The topological polar surface area (TPSA) is 0 Å². The quantitative estimate of drug-likeness (QED) is 0.549. The Morgan fingerprint density at radius 2 is 2.00 bits per heavy atom. The molecule has 1 aromatic carbocycles. The summed E-state index contributed by atoms with van der Waals surface area (Å²) in [7, 11) is 0. The van der Waals surface area contributed by atoms with Gasteiger partial charge in [0.25, 0.3) is 0 Å².